The van der Waals surface area contributed by atoms with E-state index in [0.717, 1.165) is 38.0 Å². The summed E-state index contributed by atoms with van der Waals surface area (Å²) in [7, 11) is 0. The number of aryl methyl sites for hydroxylation is 1. The van der Waals surface area contributed by atoms with E-state index in [1.54, 1.807) is 0 Å². The van der Waals surface area contributed by atoms with Crippen LogP contribution in [0.3, 0.4) is 0 Å². The van der Waals surface area contributed by atoms with Crippen molar-refractivity contribution in [1.82, 2.24) is 19.7 Å². The average Bonchev–Trinajstić information content (AvgIpc) is 2.91. The molecule has 2 atom stereocenters. The van der Waals surface area contributed by atoms with Crippen LogP contribution in [0.5, 0.6) is 0 Å². The fraction of sp³-hybridized carbons (Fsp3) is 0.600. The molecule has 2 aliphatic heterocycles. The van der Waals surface area contributed by atoms with Crippen LogP contribution in [-0.4, -0.2) is 44.4 Å². The molecule has 1 aromatic heterocycles. The molecule has 5 heteroatoms. The number of rotatable bonds is 4. The molecule has 3 heterocycles. The van der Waals surface area contributed by atoms with Crippen molar-refractivity contribution in [2.24, 2.45) is 0 Å². The van der Waals surface area contributed by atoms with Crippen LogP contribution < -0.4 is 0 Å². The highest BCUT2D eigenvalue weighted by Gasteiger charge is 2.28. The number of fused-ring (bicyclic) bond motifs is 1. The normalized spacial score (nSPS) is 23.0. The van der Waals surface area contributed by atoms with Gasteiger partial charge in [0, 0.05) is 32.0 Å². The number of aliphatic hydroxyl groups excluding tert-OH is 1. The number of aliphatic hydroxyl groups is 1. The summed E-state index contributed by atoms with van der Waals surface area (Å²) in [6.45, 7) is 3.80. The van der Waals surface area contributed by atoms with Crippen molar-refractivity contribution in [3.63, 3.8) is 0 Å². The van der Waals surface area contributed by atoms with Crippen molar-refractivity contribution in [3.8, 4) is 0 Å². The molecule has 1 N–H and O–H groups in total. The SMILES string of the molecule is O[C@H](CN1CCC[C@H](c2nnc3n2CCCCC3)C1)c1ccccc1. The molecule has 4 rings (SSSR count). The Morgan fingerprint density at radius 3 is 2.80 bits per heavy atom. The average molecular weight is 340 g/mol. The van der Waals surface area contributed by atoms with Gasteiger partial charge in [0.05, 0.1) is 6.10 Å². The van der Waals surface area contributed by atoms with E-state index < -0.39 is 6.10 Å². The van der Waals surface area contributed by atoms with Gasteiger partial charge in [0.2, 0.25) is 0 Å². The van der Waals surface area contributed by atoms with Gasteiger partial charge in [0.25, 0.3) is 0 Å². The largest absolute Gasteiger partial charge is 0.387 e. The van der Waals surface area contributed by atoms with E-state index in [0.29, 0.717) is 12.5 Å². The van der Waals surface area contributed by atoms with Gasteiger partial charge in [-0.05, 0) is 37.8 Å². The molecule has 0 unspecified atom stereocenters. The van der Waals surface area contributed by atoms with Crippen LogP contribution in [-0.2, 0) is 13.0 Å². The number of hydrogen-bond acceptors (Lipinski definition) is 4. The Hall–Kier alpha value is -1.72. The lowest BCUT2D eigenvalue weighted by Gasteiger charge is -2.33. The maximum atomic E-state index is 10.5. The molecule has 0 radical (unpaired) electrons. The summed E-state index contributed by atoms with van der Waals surface area (Å²) in [5.74, 6) is 2.79. The van der Waals surface area contributed by atoms with Gasteiger partial charge < -0.3 is 9.67 Å². The van der Waals surface area contributed by atoms with Gasteiger partial charge in [-0.1, -0.05) is 36.8 Å². The van der Waals surface area contributed by atoms with Crippen molar-refractivity contribution < 1.29 is 5.11 Å². The van der Waals surface area contributed by atoms with Gasteiger partial charge >= 0.3 is 0 Å². The van der Waals surface area contributed by atoms with Crippen molar-refractivity contribution in [1.29, 1.82) is 0 Å². The zero-order valence-electron chi connectivity index (χ0n) is 14.8. The maximum absolute atomic E-state index is 10.5. The predicted octanol–water partition coefficient (Wildman–Crippen LogP) is 2.92. The van der Waals surface area contributed by atoms with E-state index in [1.807, 2.05) is 30.3 Å². The topological polar surface area (TPSA) is 54.2 Å². The molecular formula is C20H28N4O. The number of piperidine rings is 1. The second kappa shape index (κ2) is 7.67. The third-order valence-corrected chi connectivity index (χ3v) is 5.62. The van der Waals surface area contributed by atoms with E-state index in [4.69, 9.17) is 0 Å². The molecule has 134 valence electrons. The molecule has 0 aliphatic carbocycles. The summed E-state index contributed by atoms with van der Waals surface area (Å²) in [4.78, 5) is 2.39. The van der Waals surface area contributed by atoms with E-state index in [-0.39, 0.29) is 0 Å². The molecule has 1 fully saturated rings. The van der Waals surface area contributed by atoms with Crippen molar-refractivity contribution >= 4 is 0 Å². The lowest BCUT2D eigenvalue weighted by molar-refractivity contribution is 0.0940. The lowest BCUT2D eigenvalue weighted by Crippen LogP contribution is -2.38. The van der Waals surface area contributed by atoms with Gasteiger partial charge in [-0.2, -0.15) is 0 Å². The van der Waals surface area contributed by atoms with Crippen LogP contribution in [0.25, 0.3) is 0 Å². The monoisotopic (exact) mass is 340 g/mol. The summed E-state index contributed by atoms with van der Waals surface area (Å²) in [5, 5.41) is 19.6. The minimum absolute atomic E-state index is 0.421. The van der Waals surface area contributed by atoms with Crippen molar-refractivity contribution in [2.75, 3.05) is 19.6 Å². The predicted molar refractivity (Wildman–Crippen MR) is 97.4 cm³/mol. The first-order chi connectivity index (χ1) is 12.3. The number of nitrogens with zero attached hydrogens (tertiary/aromatic N) is 4. The Labute approximate surface area is 149 Å². The summed E-state index contributed by atoms with van der Waals surface area (Å²) in [6.07, 6.45) is 6.75. The second-order valence-electron chi connectivity index (χ2n) is 7.46. The number of benzene rings is 1. The first-order valence-corrected chi connectivity index (χ1v) is 9.68. The molecule has 1 saturated heterocycles. The van der Waals surface area contributed by atoms with Crippen LogP contribution in [0.1, 0.15) is 61.3 Å². The molecule has 0 saturated carbocycles. The van der Waals surface area contributed by atoms with Gasteiger partial charge in [-0.15, -0.1) is 10.2 Å². The Bertz CT molecular complexity index is 684. The molecule has 1 aromatic carbocycles. The number of β-amino-alcohol motifs (C(OH)–C–C–N with tert-alkyl or cyclic N) is 1. The Balaban J connectivity index is 1.44. The Morgan fingerprint density at radius 1 is 1.04 bits per heavy atom. The van der Waals surface area contributed by atoms with Gasteiger partial charge in [-0.3, -0.25) is 4.90 Å². The van der Waals surface area contributed by atoms with Gasteiger partial charge in [0.15, 0.2) is 0 Å². The molecule has 25 heavy (non-hydrogen) atoms. The Kier molecular flexibility index (Phi) is 5.13. The summed E-state index contributed by atoms with van der Waals surface area (Å²) in [6, 6.07) is 9.98. The summed E-state index contributed by atoms with van der Waals surface area (Å²) < 4.78 is 2.38. The lowest BCUT2D eigenvalue weighted by atomic mass is 9.96. The van der Waals surface area contributed by atoms with Gasteiger partial charge in [0.1, 0.15) is 11.6 Å². The molecule has 5 nitrogen and oxygen atoms in total. The molecule has 0 bridgehead atoms. The minimum Gasteiger partial charge on any atom is -0.387 e. The van der Waals surface area contributed by atoms with E-state index in [9.17, 15) is 5.11 Å². The Morgan fingerprint density at radius 2 is 1.92 bits per heavy atom. The van der Waals surface area contributed by atoms with Crippen LogP contribution in [0.4, 0.5) is 0 Å². The number of hydrogen-bond donors (Lipinski definition) is 1. The highest BCUT2D eigenvalue weighted by atomic mass is 16.3. The molecule has 0 spiro atoms. The highest BCUT2D eigenvalue weighted by Crippen LogP contribution is 2.29. The summed E-state index contributed by atoms with van der Waals surface area (Å²) >= 11 is 0. The van der Waals surface area contributed by atoms with Crippen LogP contribution >= 0.6 is 0 Å². The van der Waals surface area contributed by atoms with Gasteiger partial charge in [-0.25, -0.2) is 0 Å². The van der Waals surface area contributed by atoms with E-state index >= 15 is 0 Å². The standard InChI is InChI=1S/C20H28N4O/c25-18(16-8-3-1-4-9-16)15-23-12-7-10-17(14-23)20-22-21-19-11-5-2-6-13-24(19)20/h1,3-4,8-9,17-18,25H,2,5-7,10-15H2/t17-,18+/m0/s1. The number of likely N-dealkylation sites (tertiary alicyclic amines) is 1. The number of aromatic nitrogens is 3. The molecule has 2 aliphatic rings. The second-order valence-corrected chi connectivity index (χ2v) is 7.46. The molecule has 2 aromatic rings. The van der Waals surface area contributed by atoms with Crippen molar-refractivity contribution in [2.45, 2.75) is 57.1 Å². The summed E-state index contributed by atoms with van der Waals surface area (Å²) in [5.41, 5.74) is 1.00. The first-order valence-electron chi connectivity index (χ1n) is 9.68. The smallest absolute Gasteiger partial charge is 0.137 e. The van der Waals surface area contributed by atoms with Crippen LogP contribution in [0.15, 0.2) is 30.3 Å². The van der Waals surface area contributed by atoms with Crippen molar-refractivity contribution in [3.05, 3.63) is 47.5 Å². The maximum Gasteiger partial charge on any atom is 0.137 e. The fourth-order valence-electron chi connectivity index (χ4n) is 4.27. The fourth-order valence-corrected chi connectivity index (χ4v) is 4.27. The third kappa shape index (κ3) is 3.77. The quantitative estimate of drug-likeness (QED) is 0.930. The first kappa shape index (κ1) is 16.7. The zero-order chi connectivity index (χ0) is 17.1. The van der Waals surface area contributed by atoms with E-state index in [1.165, 1.54) is 37.3 Å². The van der Waals surface area contributed by atoms with Crippen LogP contribution in [0, 0.1) is 0 Å². The highest BCUT2D eigenvalue weighted by molar-refractivity contribution is 5.17. The minimum atomic E-state index is -0.421. The van der Waals surface area contributed by atoms with Crippen LogP contribution in [0.2, 0.25) is 0 Å². The van der Waals surface area contributed by atoms with E-state index in [2.05, 4.69) is 19.7 Å². The third-order valence-electron chi connectivity index (χ3n) is 5.62. The zero-order valence-corrected chi connectivity index (χ0v) is 14.8. The molecule has 0 amide bonds. The molecular weight excluding hydrogens is 312 g/mol.